The van der Waals surface area contributed by atoms with Gasteiger partial charge in [0, 0.05) is 17.1 Å². The van der Waals surface area contributed by atoms with Gasteiger partial charge in [0.25, 0.3) is 0 Å². The largest absolute Gasteiger partial charge is 0.496 e. The molecule has 1 aromatic heterocycles. The summed E-state index contributed by atoms with van der Waals surface area (Å²) in [5, 5.41) is 12.2. The lowest BCUT2D eigenvalue weighted by atomic mass is 10.1. The molecule has 0 saturated heterocycles. The third-order valence-corrected chi connectivity index (χ3v) is 4.00. The van der Waals surface area contributed by atoms with Crippen LogP contribution in [0.15, 0.2) is 42.5 Å². The Morgan fingerprint density at radius 1 is 1.08 bits per heavy atom. The van der Waals surface area contributed by atoms with Crippen LogP contribution in [0.5, 0.6) is 17.2 Å². The minimum atomic E-state index is -0.494. The van der Waals surface area contributed by atoms with Crippen molar-refractivity contribution in [3.63, 3.8) is 0 Å². The number of methoxy groups -OCH3 is 2. The molecule has 7 heteroatoms. The second-order valence-electron chi connectivity index (χ2n) is 5.65. The van der Waals surface area contributed by atoms with Gasteiger partial charge in [-0.25, -0.2) is 0 Å². The van der Waals surface area contributed by atoms with E-state index in [-0.39, 0.29) is 18.0 Å². The van der Waals surface area contributed by atoms with Crippen LogP contribution < -0.4 is 14.2 Å². The second-order valence-corrected chi connectivity index (χ2v) is 5.65. The van der Waals surface area contributed by atoms with Gasteiger partial charge in [-0.3, -0.25) is 15.1 Å². The molecule has 3 aromatic rings. The molecule has 0 saturated carbocycles. The maximum atomic E-state index is 11.2. The maximum absolute atomic E-state index is 11.2. The van der Waals surface area contributed by atoms with E-state index in [1.54, 1.807) is 0 Å². The monoisotopic (exact) mass is 354 g/mol. The molecule has 0 radical (unpaired) electrons. The van der Waals surface area contributed by atoms with Gasteiger partial charge in [-0.1, -0.05) is 6.07 Å². The molecule has 0 unspecified atom stereocenters. The Labute approximate surface area is 150 Å². The lowest BCUT2D eigenvalue weighted by molar-refractivity contribution is -0.385. The average Bonchev–Trinajstić information content (AvgIpc) is 2.65. The van der Waals surface area contributed by atoms with Crippen molar-refractivity contribution in [3.8, 4) is 17.2 Å². The highest BCUT2D eigenvalue weighted by Crippen LogP contribution is 2.37. The quantitative estimate of drug-likeness (QED) is 0.490. The number of rotatable bonds is 6. The number of aryl methyl sites for hydroxylation is 1. The molecule has 0 N–H and O–H groups in total. The van der Waals surface area contributed by atoms with Gasteiger partial charge in [0.2, 0.25) is 5.75 Å². The highest BCUT2D eigenvalue weighted by atomic mass is 16.6. The van der Waals surface area contributed by atoms with Crippen molar-refractivity contribution < 1.29 is 19.1 Å². The zero-order valence-electron chi connectivity index (χ0n) is 14.7. The number of pyridine rings is 1. The van der Waals surface area contributed by atoms with Crippen LogP contribution in [0, 0.1) is 17.0 Å². The van der Waals surface area contributed by atoms with E-state index in [1.807, 2.05) is 37.3 Å². The van der Waals surface area contributed by atoms with E-state index in [0.29, 0.717) is 17.1 Å². The molecule has 134 valence electrons. The molecule has 7 nitrogen and oxygen atoms in total. The first kappa shape index (κ1) is 17.5. The molecule has 3 rings (SSSR count). The molecule has 1 heterocycles. The number of aromatic nitrogens is 1. The minimum Gasteiger partial charge on any atom is -0.496 e. The molecule has 0 aliphatic heterocycles. The number of benzene rings is 2. The summed E-state index contributed by atoms with van der Waals surface area (Å²) in [6, 6.07) is 12.3. The Morgan fingerprint density at radius 2 is 1.88 bits per heavy atom. The normalized spacial score (nSPS) is 10.6. The van der Waals surface area contributed by atoms with Gasteiger partial charge < -0.3 is 14.2 Å². The van der Waals surface area contributed by atoms with E-state index < -0.39 is 4.92 Å². The summed E-state index contributed by atoms with van der Waals surface area (Å²) in [5.74, 6) is 1.22. The van der Waals surface area contributed by atoms with Crippen LogP contribution in [0.3, 0.4) is 0 Å². The molecule has 0 amide bonds. The first-order valence-electron chi connectivity index (χ1n) is 7.92. The van der Waals surface area contributed by atoms with Crippen molar-refractivity contribution in [3.05, 3.63) is 63.8 Å². The number of ether oxygens (including phenoxy) is 3. The standard InChI is InChI=1S/C19H18N2O5/c1-12-4-5-13-10-14(6-7-16(13)20-12)26-11-15-18(24-2)9-8-17(21(22)23)19(15)25-3/h4-10H,11H2,1-3H3. The molecule has 2 aromatic carbocycles. The highest BCUT2D eigenvalue weighted by Gasteiger charge is 2.23. The van der Waals surface area contributed by atoms with Gasteiger partial charge in [-0.2, -0.15) is 0 Å². The highest BCUT2D eigenvalue weighted by molar-refractivity contribution is 5.80. The average molecular weight is 354 g/mol. The van der Waals surface area contributed by atoms with Crippen LogP contribution in [0.2, 0.25) is 0 Å². The molecular formula is C19H18N2O5. The van der Waals surface area contributed by atoms with Gasteiger partial charge in [0.1, 0.15) is 18.1 Å². The number of hydrogen-bond donors (Lipinski definition) is 0. The van der Waals surface area contributed by atoms with Crippen LogP contribution in [0.1, 0.15) is 11.3 Å². The van der Waals surface area contributed by atoms with Crippen molar-refractivity contribution >= 4 is 16.6 Å². The van der Waals surface area contributed by atoms with E-state index in [1.165, 1.54) is 26.4 Å². The Hall–Kier alpha value is -3.35. The van der Waals surface area contributed by atoms with Crippen molar-refractivity contribution in [2.75, 3.05) is 14.2 Å². The van der Waals surface area contributed by atoms with E-state index >= 15 is 0 Å². The zero-order valence-corrected chi connectivity index (χ0v) is 14.7. The molecular weight excluding hydrogens is 336 g/mol. The fourth-order valence-corrected chi connectivity index (χ4v) is 2.75. The van der Waals surface area contributed by atoms with Crippen molar-refractivity contribution in [2.24, 2.45) is 0 Å². The van der Waals surface area contributed by atoms with Crippen molar-refractivity contribution in [1.29, 1.82) is 0 Å². The maximum Gasteiger partial charge on any atom is 0.311 e. The van der Waals surface area contributed by atoms with Gasteiger partial charge >= 0.3 is 5.69 Å². The summed E-state index contributed by atoms with van der Waals surface area (Å²) in [6.45, 7) is 2.00. The van der Waals surface area contributed by atoms with E-state index in [0.717, 1.165) is 16.6 Å². The Balaban J connectivity index is 1.92. The third-order valence-electron chi connectivity index (χ3n) is 4.00. The van der Waals surface area contributed by atoms with Gasteiger partial charge in [0.15, 0.2) is 0 Å². The fourth-order valence-electron chi connectivity index (χ4n) is 2.75. The number of nitro groups is 1. The number of nitrogens with zero attached hydrogens (tertiary/aromatic N) is 2. The summed E-state index contributed by atoms with van der Waals surface area (Å²) < 4.78 is 16.4. The Bertz CT molecular complexity index is 972. The molecule has 26 heavy (non-hydrogen) atoms. The first-order valence-corrected chi connectivity index (χ1v) is 7.92. The molecule has 0 spiro atoms. The van der Waals surface area contributed by atoms with E-state index in [9.17, 15) is 10.1 Å². The predicted octanol–water partition coefficient (Wildman–Crippen LogP) is 4.05. The van der Waals surface area contributed by atoms with E-state index in [4.69, 9.17) is 14.2 Å². The molecule has 0 aliphatic rings. The third kappa shape index (κ3) is 3.37. The Morgan fingerprint density at radius 3 is 2.58 bits per heavy atom. The van der Waals surface area contributed by atoms with Crippen LogP contribution in [0.4, 0.5) is 5.69 Å². The van der Waals surface area contributed by atoms with Gasteiger partial charge in [-0.15, -0.1) is 0 Å². The van der Waals surface area contributed by atoms with Crippen LogP contribution in [-0.4, -0.2) is 24.1 Å². The molecule has 0 bridgehead atoms. The summed E-state index contributed by atoms with van der Waals surface area (Å²) in [6.07, 6.45) is 0. The van der Waals surface area contributed by atoms with Crippen LogP contribution in [-0.2, 0) is 6.61 Å². The molecule has 0 fully saturated rings. The smallest absolute Gasteiger partial charge is 0.311 e. The molecule has 0 atom stereocenters. The first-order chi connectivity index (χ1) is 12.5. The second kappa shape index (κ2) is 7.26. The van der Waals surface area contributed by atoms with Gasteiger partial charge in [-0.05, 0) is 37.3 Å². The van der Waals surface area contributed by atoms with Crippen molar-refractivity contribution in [2.45, 2.75) is 13.5 Å². The predicted molar refractivity (Wildman–Crippen MR) is 97.0 cm³/mol. The SMILES string of the molecule is COc1ccc([N+](=O)[O-])c(OC)c1COc1ccc2nc(C)ccc2c1. The lowest BCUT2D eigenvalue weighted by Crippen LogP contribution is -2.04. The summed E-state index contributed by atoms with van der Waals surface area (Å²) in [7, 11) is 2.88. The molecule has 0 aliphatic carbocycles. The van der Waals surface area contributed by atoms with Crippen LogP contribution >= 0.6 is 0 Å². The summed E-state index contributed by atoms with van der Waals surface area (Å²) in [5.41, 5.74) is 2.16. The summed E-state index contributed by atoms with van der Waals surface area (Å²) >= 11 is 0. The zero-order chi connectivity index (χ0) is 18.7. The summed E-state index contributed by atoms with van der Waals surface area (Å²) in [4.78, 5) is 15.2. The number of hydrogen-bond acceptors (Lipinski definition) is 6. The number of nitro benzene ring substituents is 1. The van der Waals surface area contributed by atoms with E-state index in [2.05, 4.69) is 4.98 Å². The minimum absolute atomic E-state index is 0.0683. The lowest BCUT2D eigenvalue weighted by Gasteiger charge is -2.14. The van der Waals surface area contributed by atoms with Crippen molar-refractivity contribution in [1.82, 2.24) is 4.98 Å². The number of fused-ring (bicyclic) bond motifs is 1. The Kier molecular flexibility index (Phi) is 4.88. The van der Waals surface area contributed by atoms with Gasteiger partial charge in [0.05, 0.1) is 30.2 Å². The topological polar surface area (TPSA) is 83.7 Å². The fraction of sp³-hybridized carbons (Fsp3) is 0.211. The van der Waals surface area contributed by atoms with Crippen LogP contribution in [0.25, 0.3) is 10.9 Å².